The summed E-state index contributed by atoms with van der Waals surface area (Å²) >= 11 is 0. The molecule has 0 bridgehead atoms. The van der Waals surface area contributed by atoms with Gasteiger partial charge in [0.15, 0.2) is 6.10 Å². The maximum Gasteiger partial charge on any atom is 0.416 e. The minimum absolute atomic E-state index is 0.104. The molecule has 0 aliphatic carbocycles. The molecule has 32 heavy (non-hydrogen) atoms. The van der Waals surface area contributed by atoms with Crippen molar-refractivity contribution in [3.05, 3.63) is 53.6 Å². The van der Waals surface area contributed by atoms with Gasteiger partial charge in [-0.15, -0.1) is 0 Å². The number of halogens is 3. The third-order valence-corrected chi connectivity index (χ3v) is 4.14. The molecule has 2 rings (SSSR count). The summed E-state index contributed by atoms with van der Waals surface area (Å²) in [5.74, 6) is -1.62. The van der Waals surface area contributed by atoms with E-state index in [-0.39, 0.29) is 11.3 Å². The molecular weight excluding hydrogens is 433 g/mol. The van der Waals surface area contributed by atoms with Crippen molar-refractivity contribution < 1.29 is 41.8 Å². The smallest absolute Gasteiger partial charge is 0.416 e. The van der Waals surface area contributed by atoms with E-state index < -0.39 is 42.2 Å². The van der Waals surface area contributed by atoms with Crippen LogP contribution >= 0.6 is 0 Å². The van der Waals surface area contributed by atoms with Crippen LogP contribution in [0.3, 0.4) is 0 Å². The number of carbonyl (C=O) groups excluding carboxylic acids is 3. The topological polar surface area (TPSA) is 103 Å². The molecule has 0 spiro atoms. The Hall–Kier alpha value is -3.76. The van der Waals surface area contributed by atoms with Crippen LogP contribution in [0, 0.1) is 0 Å². The standard InChI is InChI=1S/C21H21F3N2O6/c1-12(19(28)26-15-6-4-5-14(9-15)21(22,23)24)32-18(27)11-25-20(29)13-7-16(30-2)10-17(8-13)31-3/h4-10,12H,11H2,1-3H3,(H,25,29)(H,26,28). The van der Waals surface area contributed by atoms with Gasteiger partial charge in [0.05, 0.1) is 19.8 Å². The molecule has 0 aromatic heterocycles. The van der Waals surface area contributed by atoms with Crippen molar-refractivity contribution in [2.45, 2.75) is 19.2 Å². The number of methoxy groups -OCH3 is 2. The number of nitrogens with one attached hydrogen (secondary N) is 2. The van der Waals surface area contributed by atoms with Gasteiger partial charge in [-0.2, -0.15) is 13.2 Å². The zero-order valence-corrected chi connectivity index (χ0v) is 17.4. The first-order chi connectivity index (χ1) is 15.0. The van der Waals surface area contributed by atoms with Gasteiger partial charge in [0.25, 0.3) is 11.8 Å². The predicted molar refractivity (Wildman–Crippen MR) is 108 cm³/mol. The lowest BCUT2D eigenvalue weighted by molar-refractivity contribution is -0.152. The third-order valence-electron chi connectivity index (χ3n) is 4.14. The predicted octanol–water partition coefficient (Wildman–Crippen LogP) is 3.02. The van der Waals surface area contributed by atoms with Crippen molar-refractivity contribution in [1.82, 2.24) is 5.32 Å². The van der Waals surface area contributed by atoms with Crippen molar-refractivity contribution in [2.75, 3.05) is 26.1 Å². The van der Waals surface area contributed by atoms with Crippen LogP contribution in [0.5, 0.6) is 11.5 Å². The van der Waals surface area contributed by atoms with E-state index in [2.05, 4.69) is 10.6 Å². The van der Waals surface area contributed by atoms with Gasteiger partial charge in [-0.05, 0) is 37.3 Å². The first kappa shape index (κ1) is 24.5. The molecule has 0 saturated carbocycles. The van der Waals surface area contributed by atoms with Crippen molar-refractivity contribution in [3.63, 3.8) is 0 Å². The summed E-state index contributed by atoms with van der Waals surface area (Å²) in [6.07, 6.45) is -5.88. The van der Waals surface area contributed by atoms with Crippen molar-refractivity contribution in [2.24, 2.45) is 0 Å². The zero-order valence-electron chi connectivity index (χ0n) is 17.4. The van der Waals surface area contributed by atoms with E-state index in [1.54, 1.807) is 6.07 Å². The molecule has 0 aliphatic heterocycles. The van der Waals surface area contributed by atoms with Crippen LogP contribution in [0.2, 0.25) is 0 Å². The molecule has 2 aromatic rings. The summed E-state index contributed by atoms with van der Waals surface area (Å²) in [6, 6.07) is 8.47. The molecule has 1 atom stereocenters. The lowest BCUT2D eigenvalue weighted by Gasteiger charge is -2.15. The second-order valence-corrected chi connectivity index (χ2v) is 6.48. The highest BCUT2D eigenvalue weighted by Crippen LogP contribution is 2.30. The maximum absolute atomic E-state index is 12.8. The summed E-state index contributed by atoms with van der Waals surface area (Å²) in [5.41, 5.74) is -0.867. The number of ether oxygens (including phenoxy) is 3. The Morgan fingerprint density at radius 1 is 1.00 bits per heavy atom. The second-order valence-electron chi connectivity index (χ2n) is 6.48. The van der Waals surface area contributed by atoms with Crippen LogP contribution in [0.15, 0.2) is 42.5 Å². The van der Waals surface area contributed by atoms with Crippen LogP contribution in [0.4, 0.5) is 18.9 Å². The molecule has 172 valence electrons. The number of alkyl halides is 3. The highest BCUT2D eigenvalue weighted by molar-refractivity contribution is 5.98. The van der Waals surface area contributed by atoms with E-state index in [0.717, 1.165) is 18.2 Å². The molecule has 0 heterocycles. The minimum atomic E-state index is -4.57. The van der Waals surface area contributed by atoms with Crippen molar-refractivity contribution in [3.8, 4) is 11.5 Å². The van der Waals surface area contributed by atoms with E-state index in [1.807, 2.05) is 0 Å². The normalized spacial score (nSPS) is 11.8. The molecule has 2 N–H and O–H groups in total. The van der Waals surface area contributed by atoms with Crippen LogP contribution in [-0.2, 0) is 20.5 Å². The van der Waals surface area contributed by atoms with E-state index in [0.29, 0.717) is 11.5 Å². The van der Waals surface area contributed by atoms with Gasteiger partial charge in [0.1, 0.15) is 18.0 Å². The molecular formula is C21H21F3N2O6. The average Bonchev–Trinajstić information content (AvgIpc) is 2.76. The number of hydrogen-bond donors (Lipinski definition) is 2. The fourth-order valence-corrected chi connectivity index (χ4v) is 2.50. The van der Waals surface area contributed by atoms with Crippen molar-refractivity contribution >= 4 is 23.5 Å². The fourth-order valence-electron chi connectivity index (χ4n) is 2.50. The lowest BCUT2D eigenvalue weighted by Crippen LogP contribution is -2.35. The number of esters is 1. The van der Waals surface area contributed by atoms with Crippen LogP contribution in [0.25, 0.3) is 0 Å². The molecule has 0 fully saturated rings. The highest BCUT2D eigenvalue weighted by Gasteiger charge is 2.30. The molecule has 2 amide bonds. The monoisotopic (exact) mass is 454 g/mol. The van der Waals surface area contributed by atoms with Gasteiger partial charge in [-0.1, -0.05) is 6.07 Å². The Morgan fingerprint density at radius 2 is 1.62 bits per heavy atom. The summed E-state index contributed by atoms with van der Waals surface area (Å²) in [4.78, 5) is 36.3. The number of hydrogen-bond acceptors (Lipinski definition) is 6. The summed E-state index contributed by atoms with van der Waals surface area (Å²) in [6.45, 7) is 0.703. The fraction of sp³-hybridized carbons (Fsp3) is 0.286. The Labute approximate surface area is 181 Å². The zero-order chi connectivity index (χ0) is 23.9. The van der Waals surface area contributed by atoms with Crippen molar-refractivity contribution in [1.29, 1.82) is 0 Å². The summed E-state index contributed by atoms with van der Waals surface area (Å²) in [5, 5.41) is 4.58. The SMILES string of the molecule is COc1cc(OC)cc(C(=O)NCC(=O)OC(C)C(=O)Nc2cccc(C(F)(F)F)c2)c1. The number of amides is 2. The van der Waals surface area contributed by atoms with Crippen LogP contribution in [0.1, 0.15) is 22.8 Å². The van der Waals surface area contributed by atoms with Gasteiger partial charge in [0.2, 0.25) is 0 Å². The van der Waals surface area contributed by atoms with E-state index >= 15 is 0 Å². The Balaban J connectivity index is 1.90. The van der Waals surface area contributed by atoms with Gasteiger partial charge < -0.3 is 24.8 Å². The number of anilines is 1. The Morgan fingerprint density at radius 3 is 2.19 bits per heavy atom. The highest BCUT2D eigenvalue weighted by atomic mass is 19.4. The molecule has 2 aromatic carbocycles. The molecule has 0 saturated heterocycles. The molecule has 0 radical (unpaired) electrons. The summed E-state index contributed by atoms with van der Waals surface area (Å²) < 4.78 is 53.3. The van der Waals surface area contributed by atoms with Gasteiger partial charge in [-0.25, -0.2) is 0 Å². The largest absolute Gasteiger partial charge is 0.497 e. The van der Waals surface area contributed by atoms with Crippen LogP contribution < -0.4 is 20.1 Å². The Kier molecular flexibility index (Phi) is 8.05. The lowest BCUT2D eigenvalue weighted by atomic mass is 10.2. The first-order valence-corrected chi connectivity index (χ1v) is 9.22. The number of rotatable bonds is 8. The van der Waals surface area contributed by atoms with Gasteiger partial charge in [-0.3, -0.25) is 14.4 Å². The van der Waals surface area contributed by atoms with Crippen LogP contribution in [-0.4, -0.2) is 44.7 Å². The number of benzene rings is 2. The van der Waals surface area contributed by atoms with E-state index in [4.69, 9.17) is 14.2 Å². The van der Waals surface area contributed by atoms with Gasteiger partial charge >= 0.3 is 12.1 Å². The third kappa shape index (κ3) is 6.89. The molecule has 11 heteroatoms. The maximum atomic E-state index is 12.8. The Bertz CT molecular complexity index is 971. The average molecular weight is 454 g/mol. The van der Waals surface area contributed by atoms with Gasteiger partial charge in [0, 0.05) is 17.3 Å². The summed E-state index contributed by atoms with van der Waals surface area (Å²) in [7, 11) is 2.83. The quantitative estimate of drug-likeness (QED) is 0.595. The second kappa shape index (κ2) is 10.5. The molecule has 0 aliphatic rings. The molecule has 8 nitrogen and oxygen atoms in total. The van der Waals surface area contributed by atoms with E-state index in [9.17, 15) is 27.6 Å². The van der Waals surface area contributed by atoms with E-state index in [1.165, 1.54) is 39.3 Å². The molecule has 1 unspecified atom stereocenters. The number of carbonyl (C=O) groups is 3. The minimum Gasteiger partial charge on any atom is -0.497 e. The first-order valence-electron chi connectivity index (χ1n) is 9.22.